The number of nitrogens with zero attached hydrogens (tertiary/aromatic N) is 1. The number of rotatable bonds is 0. The number of H-pyrrole nitrogens is 1. The second kappa shape index (κ2) is 2.56. The fraction of sp³-hybridized carbons (Fsp3) is 0. The predicted octanol–water partition coefficient (Wildman–Crippen LogP) is 2.32. The van der Waals surface area contributed by atoms with Crippen LogP contribution >= 0.6 is 0 Å². The first-order valence-corrected chi connectivity index (χ1v) is 3.59. The number of fused-ring (bicyclic) bond motifs is 1. The van der Waals surface area contributed by atoms with Crippen LogP contribution in [0.15, 0.2) is 18.3 Å². The summed E-state index contributed by atoms with van der Waals surface area (Å²) in [6.45, 7) is 0. The van der Waals surface area contributed by atoms with Crippen molar-refractivity contribution in [1.82, 2.24) is 4.98 Å². The lowest BCUT2D eigenvalue weighted by molar-refractivity contribution is 0.613. The molecule has 0 fully saturated rings. The van der Waals surface area contributed by atoms with Crippen LogP contribution in [-0.4, -0.2) is 4.98 Å². The Bertz CT molecular complexity index is 508. The number of nitriles is 1. The molecule has 2 rings (SSSR count). The molecule has 1 heterocycles. The van der Waals surface area contributed by atoms with Crippen LogP contribution in [0.2, 0.25) is 0 Å². The molecular weight excluding hydrogens is 174 g/mol. The Labute approximate surface area is 72.4 Å². The fourth-order valence-electron chi connectivity index (χ4n) is 1.24. The zero-order valence-electron chi connectivity index (χ0n) is 6.44. The fourth-order valence-corrected chi connectivity index (χ4v) is 1.24. The van der Waals surface area contributed by atoms with Gasteiger partial charge < -0.3 is 4.98 Å². The van der Waals surface area contributed by atoms with Gasteiger partial charge in [-0.1, -0.05) is 0 Å². The van der Waals surface area contributed by atoms with Crippen molar-refractivity contribution in [3.8, 4) is 6.07 Å². The third-order valence-electron chi connectivity index (χ3n) is 1.85. The predicted molar refractivity (Wildman–Crippen MR) is 42.9 cm³/mol. The largest absolute Gasteiger partial charge is 0.359 e. The molecule has 1 aromatic carbocycles. The zero-order chi connectivity index (χ0) is 9.42. The number of aromatic amines is 1. The van der Waals surface area contributed by atoms with E-state index in [1.807, 2.05) is 0 Å². The van der Waals surface area contributed by atoms with Crippen molar-refractivity contribution in [3.63, 3.8) is 0 Å². The topological polar surface area (TPSA) is 39.6 Å². The Morgan fingerprint density at radius 2 is 2.15 bits per heavy atom. The second-order valence-corrected chi connectivity index (χ2v) is 2.60. The smallest absolute Gasteiger partial charge is 0.150 e. The van der Waals surface area contributed by atoms with E-state index in [0.29, 0.717) is 0 Å². The van der Waals surface area contributed by atoms with E-state index in [2.05, 4.69) is 4.98 Å². The molecule has 0 saturated carbocycles. The van der Waals surface area contributed by atoms with Crippen LogP contribution in [0.4, 0.5) is 8.78 Å². The van der Waals surface area contributed by atoms with Gasteiger partial charge in [-0.3, -0.25) is 0 Å². The Morgan fingerprint density at radius 3 is 2.85 bits per heavy atom. The third kappa shape index (κ3) is 0.975. The number of hydrogen-bond acceptors (Lipinski definition) is 1. The van der Waals surface area contributed by atoms with Crippen molar-refractivity contribution in [2.24, 2.45) is 0 Å². The van der Waals surface area contributed by atoms with Crippen LogP contribution in [0.5, 0.6) is 0 Å². The molecular formula is C9H4F2N2. The van der Waals surface area contributed by atoms with Gasteiger partial charge in [-0.05, 0) is 12.1 Å². The van der Waals surface area contributed by atoms with Gasteiger partial charge in [0.05, 0.1) is 11.1 Å². The van der Waals surface area contributed by atoms with Crippen LogP contribution in [-0.2, 0) is 0 Å². The number of benzene rings is 1. The van der Waals surface area contributed by atoms with Crippen molar-refractivity contribution >= 4 is 10.9 Å². The molecule has 0 unspecified atom stereocenters. The highest BCUT2D eigenvalue weighted by Crippen LogP contribution is 2.22. The molecule has 0 amide bonds. The molecule has 0 bridgehead atoms. The van der Waals surface area contributed by atoms with Gasteiger partial charge in [0.1, 0.15) is 11.9 Å². The monoisotopic (exact) mass is 178 g/mol. The summed E-state index contributed by atoms with van der Waals surface area (Å²) in [5.41, 5.74) is -0.180. The van der Waals surface area contributed by atoms with E-state index in [1.54, 1.807) is 6.07 Å². The summed E-state index contributed by atoms with van der Waals surface area (Å²) in [7, 11) is 0. The SMILES string of the molecule is N#Cc1cc(F)c2[nH]ccc2c1F. The quantitative estimate of drug-likeness (QED) is 0.660. The maximum atomic E-state index is 13.3. The van der Waals surface area contributed by atoms with E-state index in [9.17, 15) is 8.78 Å². The number of aromatic nitrogens is 1. The van der Waals surface area contributed by atoms with Gasteiger partial charge in [0, 0.05) is 11.6 Å². The van der Waals surface area contributed by atoms with Crippen molar-refractivity contribution in [2.45, 2.75) is 0 Å². The van der Waals surface area contributed by atoms with Crippen LogP contribution < -0.4 is 0 Å². The van der Waals surface area contributed by atoms with E-state index in [4.69, 9.17) is 5.26 Å². The maximum Gasteiger partial charge on any atom is 0.150 e. The maximum absolute atomic E-state index is 13.3. The first-order chi connectivity index (χ1) is 6.24. The van der Waals surface area contributed by atoms with Crippen molar-refractivity contribution in [2.75, 3.05) is 0 Å². The van der Waals surface area contributed by atoms with Crippen LogP contribution in [0.1, 0.15) is 5.56 Å². The minimum absolute atomic E-state index is 0.0940. The molecule has 2 aromatic rings. The molecule has 0 radical (unpaired) electrons. The van der Waals surface area contributed by atoms with Crippen molar-refractivity contribution < 1.29 is 8.78 Å². The lowest BCUT2D eigenvalue weighted by Gasteiger charge is -1.96. The summed E-state index contributed by atoms with van der Waals surface area (Å²) >= 11 is 0. The zero-order valence-corrected chi connectivity index (χ0v) is 6.44. The summed E-state index contributed by atoms with van der Waals surface area (Å²) in [5.74, 6) is -1.29. The lowest BCUT2D eigenvalue weighted by atomic mass is 10.1. The van der Waals surface area contributed by atoms with E-state index in [1.165, 1.54) is 12.3 Å². The third-order valence-corrected chi connectivity index (χ3v) is 1.85. The Balaban J connectivity index is 2.95. The summed E-state index contributed by atoms with van der Waals surface area (Å²) < 4.78 is 26.4. The Morgan fingerprint density at radius 1 is 1.38 bits per heavy atom. The van der Waals surface area contributed by atoms with Crippen LogP contribution in [0.3, 0.4) is 0 Å². The molecule has 13 heavy (non-hydrogen) atoms. The van der Waals surface area contributed by atoms with Crippen LogP contribution in [0, 0.1) is 23.0 Å². The molecule has 1 aromatic heterocycles. The summed E-state index contributed by atoms with van der Waals surface area (Å²) in [6.07, 6.45) is 1.43. The molecule has 0 aliphatic heterocycles. The number of halogens is 2. The highest BCUT2D eigenvalue weighted by molar-refractivity contribution is 5.82. The molecule has 64 valence electrons. The van der Waals surface area contributed by atoms with E-state index in [0.717, 1.165) is 6.07 Å². The molecule has 0 atom stereocenters. The molecule has 4 heteroatoms. The minimum Gasteiger partial charge on any atom is -0.359 e. The molecule has 0 spiro atoms. The standard InChI is InChI=1S/C9H4F2N2/c10-7-3-5(4-12)8(11)6-1-2-13-9(6)7/h1-3,13H. The highest BCUT2D eigenvalue weighted by atomic mass is 19.1. The minimum atomic E-state index is -0.680. The van der Waals surface area contributed by atoms with E-state index < -0.39 is 11.6 Å². The average Bonchev–Trinajstić information content (AvgIpc) is 2.60. The molecule has 0 aliphatic carbocycles. The van der Waals surface area contributed by atoms with Gasteiger partial charge in [0.25, 0.3) is 0 Å². The van der Waals surface area contributed by atoms with Gasteiger partial charge in [0.2, 0.25) is 0 Å². The van der Waals surface area contributed by atoms with E-state index in [-0.39, 0.29) is 16.5 Å². The average molecular weight is 178 g/mol. The van der Waals surface area contributed by atoms with Gasteiger partial charge in [-0.2, -0.15) is 5.26 Å². The van der Waals surface area contributed by atoms with Crippen molar-refractivity contribution in [1.29, 1.82) is 5.26 Å². The molecule has 0 saturated heterocycles. The Hall–Kier alpha value is -1.89. The lowest BCUT2D eigenvalue weighted by Crippen LogP contribution is -1.88. The summed E-state index contributed by atoms with van der Waals surface area (Å²) in [6, 6.07) is 3.87. The van der Waals surface area contributed by atoms with Gasteiger partial charge >= 0.3 is 0 Å². The molecule has 1 N–H and O–H groups in total. The molecule has 2 nitrogen and oxygen atoms in total. The van der Waals surface area contributed by atoms with E-state index >= 15 is 0 Å². The number of hydrogen-bond donors (Lipinski definition) is 1. The first-order valence-electron chi connectivity index (χ1n) is 3.59. The second-order valence-electron chi connectivity index (χ2n) is 2.60. The highest BCUT2D eigenvalue weighted by Gasteiger charge is 2.11. The first kappa shape index (κ1) is 7.74. The van der Waals surface area contributed by atoms with Crippen molar-refractivity contribution in [3.05, 3.63) is 35.5 Å². The summed E-state index contributed by atoms with van der Waals surface area (Å²) in [4.78, 5) is 2.56. The Kier molecular flexibility index (Phi) is 1.52. The van der Waals surface area contributed by atoms with Crippen LogP contribution in [0.25, 0.3) is 10.9 Å². The van der Waals surface area contributed by atoms with Gasteiger partial charge in [0.15, 0.2) is 5.82 Å². The van der Waals surface area contributed by atoms with Gasteiger partial charge in [-0.15, -0.1) is 0 Å². The summed E-state index contributed by atoms with van der Waals surface area (Å²) in [5, 5.41) is 8.58. The normalized spacial score (nSPS) is 10.2. The number of nitrogens with one attached hydrogen (secondary N) is 1. The molecule has 0 aliphatic rings. The van der Waals surface area contributed by atoms with Gasteiger partial charge in [-0.25, -0.2) is 8.78 Å².